The summed E-state index contributed by atoms with van der Waals surface area (Å²) in [5.74, 6) is 1.23. The molecule has 0 spiro atoms. The van der Waals surface area contributed by atoms with Crippen LogP contribution in [0.1, 0.15) is 35.3 Å². The molecule has 2 amide bonds. The molecule has 0 aliphatic carbocycles. The lowest BCUT2D eigenvalue weighted by Gasteiger charge is -2.12. The van der Waals surface area contributed by atoms with Crippen molar-refractivity contribution in [1.82, 2.24) is 5.32 Å². The molecule has 2 aromatic rings. The second-order valence-electron chi connectivity index (χ2n) is 6.68. The highest BCUT2D eigenvalue weighted by Crippen LogP contribution is 2.17. The van der Waals surface area contributed by atoms with Crippen molar-refractivity contribution >= 4 is 29.3 Å². The highest BCUT2D eigenvalue weighted by molar-refractivity contribution is 7.99. The number of anilines is 1. The summed E-state index contributed by atoms with van der Waals surface area (Å²) in [6, 6.07) is 15.4. The van der Waals surface area contributed by atoms with Gasteiger partial charge in [0.1, 0.15) is 0 Å². The summed E-state index contributed by atoms with van der Waals surface area (Å²) >= 11 is 1.56. The monoisotopic (exact) mass is 370 g/mol. The van der Waals surface area contributed by atoms with Crippen molar-refractivity contribution in [1.29, 1.82) is 0 Å². The Morgan fingerprint density at radius 3 is 2.42 bits per heavy atom. The third-order valence-electron chi connectivity index (χ3n) is 3.74. The van der Waals surface area contributed by atoms with E-state index in [1.54, 1.807) is 30.0 Å². The fraction of sp³-hybridized carbons (Fsp3) is 0.333. The van der Waals surface area contributed by atoms with E-state index in [0.717, 1.165) is 5.75 Å². The highest BCUT2D eigenvalue weighted by atomic mass is 32.2. The van der Waals surface area contributed by atoms with E-state index in [1.807, 2.05) is 19.9 Å². The van der Waals surface area contributed by atoms with Crippen LogP contribution < -0.4 is 10.6 Å². The number of carbonyl (C=O) groups is 2. The molecule has 0 aliphatic heterocycles. The highest BCUT2D eigenvalue weighted by Gasteiger charge is 2.13. The maximum atomic E-state index is 12.3. The molecule has 2 aromatic carbocycles. The number of hydrogen-bond acceptors (Lipinski definition) is 3. The number of thioether (sulfide) groups is 1. The number of aryl methyl sites for hydroxylation is 1. The predicted molar refractivity (Wildman–Crippen MR) is 110 cm³/mol. The third kappa shape index (κ3) is 6.56. The molecule has 0 saturated carbocycles. The molecule has 0 heterocycles. The minimum Gasteiger partial charge on any atom is -0.352 e. The lowest BCUT2D eigenvalue weighted by Crippen LogP contribution is -2.28. The molecule has 0 aliphatic rings. The number of para-hydroxylation sites is 1. The Kier molecular flexibility index (Phi) is 7.73. The van der Waals surface area contributed by atoms with Crippen LogP contribution in [-0.4, -0.2) is 24.1 Å². The second-order valence-corrected chi connectivity index (χ2v) is 7.66. The standard InChI is InChI=1S/C21H26N2O2S/c1-15(2)12-22-21(25)18-6-4-5-7-19(18)23-20(24)14-26-13-17-10-8-16(3)9-11-17/h4-11,15H,12-14H2,1-3H3,(H,22,25)(H,23,24). The summed E-state index contributed by atoms with van der Waals surface area (Å²) in [6.07, 6.45) is 0. The maximum Gasteiger partial charge on any atom is 0.253 e. The van der Waals surface area contributed by atoms with Crippen molar-refractivity contribution in [3.05, 3.63) is 65.2 Å². The van der Waals surface area contributed by atoms with Gasteiger partial charge < -0.3 is 10.6 Å². The number of benzene rings is 2. The fourth-order valence-corrected chi connectivity index (χ4v) is 3.10. The Bertz CT molecular complexity index is 742. The van der Waals surface area contributed by atoms with E-state index in [2.05, 4.69) is 41.8 Å². The Morgan fingerprint density at radius 2 is 1.73 bits per heavy atom. The average molecular weight is 371 g/mol. The second kappa shape index (κ2) is 10.0. The average Bonchev–Trinajstić information content (AvgIpc) is 2.62. The van der Waals surface area contributed by atoms with E-state index in [4.69, 9.17) is 0 Å². The maximum absolute atomic E-state index is 12.3. The Labute approximate surface area is 159 Å². The molecule has 0 radical (unpaired) electrons. The van der Waals surface area contributed by atoms with Crippen LogP contribution in [0.25, 0.3) is 0 Å². The zero-order valence-electron chi connectivity index (χ0n) is 15.5. The minimum absolute atomic E-state index is 0.105. The first-order chi connectivity index (χ1) is 12.5. The van der Waals surface area contributed by atoms with Gasteiger partial charge in [0.05, 0.1) is 17.0 Å². The predicted octanol–water partition coefficient (Wildman–Crippen LogP) is 4.25. The van der Waals surface area contributed by atoms with Gasteiger partial charge in [-0.05, 0) is 30.5 Å². The van der Waals surface area contributed by atoms with Gasteiger partial charge in [-0.2, -0.15) is 0 Å². The molecule has 2 rings (SSSR count). The van der Waals surface area contributed by atoms with Gasteiger partial charge in [-0.3, -0.25) is 9.59 Å². The van der Waals surface area contributed by atoms with Gasteiger partial charge in [0, 0.05) is 12.3 Å². The van der Waals surface area contributed by atoms with E-state index < -0.39 is 0 Å². The zero-order valence-corrected chi connectivity index (χ0v) is 16.4. The lowest BCUT2D eigenvalue weighted by molar-refractivity contribution is -0.113. The van der Waals surface area contributed by atoms with Gasteiger partial charge in [-0.15, -0.1) is 11.8 Å². The molecule has 138 valence electrons. The van der Waals surface area contributed by atoms with Gasteiger partial charge in [0.25, 0.3) is 5.91 Å². The van der Waals surface area contributed by atoms with Crippen molar-refractivity contribution in [3.8, 4) is 0 Å². The van der Waals surface area contributed by atoms with Crippen LogP contribution in [-0.2, 0) is 10.5 Å². The lowest BCUT2D eigenvalue weighted by atomic mass is 10.1. The van der Waals surface area contributed by atoms with E-state index in [9.17, 15) is 9.59 Å². The first-order valence-corrected chi connectivity index (χ1v) is 9.91. The zero-order chi connectivity index (χ0) is 18.9. The van der Waals surface area contributed by atoms with E-state index in [1.165, 1.54) is 11.1 Å². The molecule has 0 saturated heterocycles. The number of hydrogen-bond donors (Lipinski definition) is 2. The molecule has 0 bridgehead atoms. The fourth-order valence-electron chi connectivity index (χ4n) is 2.31. The van der Waals surface area contributed by atoms with Crippen molar-refractivity contribution in [3.63, 3.8) is 0 Å². The SMILES string of the molecule is Cc1ccc(CSCC(=O)Nc2ccccc2C(=O)NCC(C)C)cc1. The van der Waals surface area contributed by atoms with Gasteiger partial charge >= 0.3 is 0 Å². The first kappa shape index (κ1) is 20.0. The van der Waals surface area contributed by atoms with E-state index in [0.29, 0.717) is 29.5 Å². The van der Waals surface area contributed by atoms with Crippen molar-refractivity contribution < 1.29 is 9.59 Å². The Hall–Kier alpha value is -2.27. The van der Waals surface area contributed by atoms with Crippen LogP contribution in [0, 0.1) is 12.8 Å². The number of nitrogens with one attached hydrogen (secondary N) is 2. The van der Waals surface area contributed by atoms with Gasteiger partial charge in [0.2, 0.25) is 5.91 Å². The van der Waals surface area contributed by atoms with Crippen molar-refractivity contribution in [2.24, 2.45) is 5.92 Å². The first-order valence-electron chi connectivity index (χ1n) is 8.76. The molecular formula is C21H26N2O2S. The summed E-state index contributed by atoms with van der Waals surface area (Å²) in [5, 5.41) is 5.74. The van der Waals surface area contributed by atoms with Crippen LogP contribution in [0.5, 0.6) is 0 Å². The smallest absolute Gasteiger partial charge is 0.253 e. The third-order valence-corrected chi connectivity index (χ3v) is 4.74. The van der Waals surface area contributed by atoms with Crippen LogP contribution in [0.4, 0.5) is 5.69 Å². The van der Waals surface area contributed by atoms with Crippen LogP contribution in [0.15, 0.2) is 48.5 Å². The number of carbonyl (C=O) groups excluding carboxylic acids is 2. The quantitative estimate of drug-likeness (QED) is 0.730. The van der Waals surface area contributed by atoms with Gasteiger partial charge in [-0.25, -0.2) is 0 Å². The molecule has 0 atom stereocenters. The van der Waals surface area contributed by atoms with Crippen molar-refractivity contribution in [2.45, 2.75) is 26.5 Å². The topological polar surface area (TPSA) is 58.2 Å². The normalized spacial score (nSPS) is 10.6. The molecule has 5 heteroatoms. The van der Waals surface area contributed by atoms with Crippen LogP contribution in [0.2, 0.25) is 0 Å². The molecule has 0 unspecified atom stereocenters. The van der Waals surface area contributed by atoms with Crippen LogP contribution in [0.3, 0.4) is 0 Å². The Morgan fingerprint density at radius 1 is 1.04 bits per heavy atom. The van der Waals surface area contributed by atoms with Gasteiger partial charge in [0.15, 0.2) is 0 Å². The molecule has 0 aromatic heterocycles. The molecule has 26 heavy (non-hydrogen) atoms. The Balaban J connectivity index is 1.88. The van der Waals surface area contributed by atoms with Gasteiger partial charge in [-0.1, -0.05) is 55.8 Å². The largest absolute Gasteiger partial charge is 0.352 e. The van der Waals surface area contributed by atoms with Crippen LogP contribution >= 0.6 is 11.8 Å². The summed E-state index contributed by atoms with van der Waals surface area (Å²) in [5.41, 5.74) is 3.46. The summed E-state index contributed by atoms with van der Waals surface area (Å²) in [6.45, 7) is 6.74. The minimum atomic E-state index is -0.165. The molecule has 2 N–H and O–H groups in total. The van der Waals surface area contributed by atoms with E-state index >= 15 is 0 Å². The summed E-state index contributed by atoms with van der Waals surface area (Å²) in [4.78, 5) is 24.5. The van der Waals surface area contributed by atoms with E-state index in [-0.39, 0.29) is 11.8 Å². The summed E-state index contributed by atoms with van der Waals surface area (Å²) in [7, 11) is 0. The van der Waals surface area contributed by atoms with Crippen molar-refractivity contribution in [2.75, 3.05) is 17.6 Å². The molecular weight excluding hydrogens is 344 g/mol. The number of amides is 2. The molecule has 0 fully saturated rings. The summed E-state index contributed by atoms with van der Waals surface area (Å²) < 4.78 is 0. The number of rotatable bonds is 8. The molecule has 4 nitrogen and oxygen atoms in total.